The molecule has 1 aromatic heterocycles. The molecule has 29 heavy (non-hydrogen) atoms. The Bertz CT molecular complexity index is 658. The number of aliphatic hydroxyl groups is 2. The molecular formula is C20H30N2O6S. The molecule has 1 fully saturated rings. The molecule has 0 saturated carbocycles. The van der Waals surface area contributed by atoms with Gasteiger partial charge in [-0.1, -0.05) is 6.07 Å². The topological polar surface area (TPSA) is 116 Å². The van der Waals surface area contributed by atoms with Gasteiger partial charge in [0.2, 0.25) is 0 Å². The summed E-state index contributed by atoms with van der Waals surface area (Å²) in [7, 11) is 0. The number of esters is 1. The van der Waals surface area contributed by atoms with Crippen LogP contribution in [0, 0.1) is 5.92 Å². The lowest BCUT2D eigenvalue weighted by atomic mass is 9.92. The third kappa shape index (κ3) is 7.41. The molecule has 8 nitrogen and oxygen atoms in total. The molecular weight excluding hydrogens is 396 g/mol. The van der Waals surface area contributed by atoms with Crippen LogP contribution in [-0.4, -0.2) is 71.3 Å². The van der Waals surface area contributed by atoms with Gasteiger partial charge in [-0.05, 0) is 50.0 Å². The van der Waals surface area contributed by atoms with Gasteiger partial charge < -0.3 is 25.2 Å². The predicted molar refractivity (Wildman–Crippen MR) is 108 cm³/mol. The Balaban J connectivity index is 1.70. The van der Waals surface area contributed by atoms with Crippen LogP contribution in [0.25, 0.3) is 0 Å². The van der Waals surface area contributed by atoms with Crippen LogP contribution >= 0.6 is 11.3 Å². The molecule has 0 bridgehead atoms. The molecule has 162 valence electrons. The molecule has 0 unspecified atom stereocenters. The van der Waals surface area contributed by atoms with Crippen LogP contribution in [0.1, 0.15) is 37.5 Å². The summed E-state index contributed by atoms with van der Waals surface area (Å²) in [4.78, 5) is 38.5. The van der Waals surface area contributed by atoms with E-state index in [1.165, 1.54) is 4.90 Å². The highest BCUT2D eigenvalue weighted by atomic mass is 32.1. The molecule has 1 aromatic rings. The summed E-state index contributed by atoms with van der Waals surface area (Å²) in [6.45, 7) is 3.31. The van der Waals surface area contributed by atoms with E-state index in [1.807, 2.05) is 17.5 Å². The van der Waals surface area contributed by atoms with E-state index in [0.717, 1.165) is 4.88 Å². The summed E-state index contributed by atoms with van der Waals surface area (Å²) in [5.41, 5.74) is 0. The number of hydrogen-bond acceptors (Lipinski definition) is 7. The number of aliphatic hydroxyl groups excluding tert-OH is 2. The Morgan fingerprint density at radius 1 is 1.28 bits per heavy atom. The second kappa shape index (κ2) is 11.9. The molecule has 2 atom stereocenters. The third-order valence-electron chi connectivity index (χ3n) is 5.06. The zero-order valence-electron chi connectivity index (χ0n) is 16.7. The summed E-state index contributed by atoms with van der Waals surface area (Å²) in [5, 5.41) is 24.7. The number of amides is 2. The minimum absolute atomic E-state index is 0.213. The first-order valence-corrected chi connectivity index (χ1v) is 10.9. The van der Waals surface area contributed by atoms with Crippen molar-refractivity contribution < 1.29 is 29.3 Å². The molecule has 2 rings (SSSR count). The van der Waals surface area contributed by atoms with Gasteiger partial charge in [-0.3, -0.25) is 14.4 Å². The molecule has 3 N–H and O–H groups in total. The second-order valence-corrected chi connectivity index (χ2v) is 8.15. The Morgan fingerprint density at radius 3 is 2.62 bits per heavy atom. The van der Waals surface area contributed by atoms with E-state index < -0.39 is 24.0 Å². The van der Waals surface area contributed by atoms with Crippen molar-refractivity contribution in [1.82, 2.24) is 10.2 Å². The molecule has 0 radical (unpaired) electrons. The Labute approximate surface area is 174 Å². The van der Waals surface area contributed by atoms with Crippen LogP contribution in [0.3, 0.4) is 0 Å². The number of carbonyl (C=O) groups is 3. The largest absolute Gasteiger partial charge is 0.466 e. The van der Waals surface area contributed by atoms with Gasteiger partial charge in [0.05, 0.1) is 6.61 Å². The van der Waals surface area contributed by atoms with Gasteiger partial charge in [0, 0.05) is 30.9 Å². The molecule has 1 saturated heterocycles. The van der Waals surface area contributed by atoms with E-state index in [9.17, 15) is 24.6 Å². The fourth-order valence-electron chi connectivity index (χ4n) is 3.33. The van der Waals surface area contributed by atoms with Gasteiger partial charge in [0.15, 0.2) is 12.2 Å². The van der Waals surface area contributed by atoms with E-state index in [2.05, 4.69) is 5.32 Å². The lowest BCUT2D eigenvalue weighted by molar-refractivity contribution is -0.154. The van der Waals surface area contributed by atoms with Gasteiger partial charge in [-0.2, -0.15) is 0 Å². The molecule has 2 amide bonds. The zero-order valence-corrected chi connectivity index (χ0v) is 17.5. The number of rotatable bonds is 10. The van der Waals surface area contributed by atoms with Crippen molar-refractivity contribution in [2.75, 3.05) is 26.2 Å². The van der Waals surface area contributed by atoms with Crippen molar-refractivity contribution in [1.29, 1.82) is 0 Å². The first-order valence-electron chi connectivity index (χ1n) is 10.0. The second-order valence-electron chi connectivity index (χ2n) is 7.12. The summed E-state index contributed by atoms with van der Waals surface area (Å²) in [6.07, 6.45) is -0.472. The highest BCUT2D eigenvalue weighted by Gasteiger charge is 2.34. The van der Waals surface area contributed by atoms with Gasteiger partial charge >= 0.3 is 5.97 Å². The zero-order chi connectivity index (χ0) is 21.2. The maximum Gasteiger partial charge on any atom is 0.305 e. The normalized spacial score (nSPS) is 16.9. The average Bonchev–Trinajstić information content (AvgIpc) is 3.24. The van der Waals surface area contributed by atoms with Gasteiger partial charge in [0.25, 0.3) is 11.8 Å². The van der Waals surface area contributed by atoms with E-state index in [4.69, 9.17) is 4.74 Å². The van der Waals surface area contributed by atoms with Crippen molar-refractivity contribution in [2.45, 2.75) is 51.2 Å². The molecule has 0 spiro atoms. The Morgan fingerprint density at radius 2 is 2.00 bits per heavy atom. The number of carbonyl (C=O) groups excluding carboxylic acids is 3. The fraction of sp³-hybridized carbons (Fsp3) is 0.650. The van der Waals surface area contributed by atoms with Crippen molar-refractivity contribution in [3.63, 3.8) is 0 Å². The lowest BCUT2D eigenvalue weighted by Crippen LogP contribution is -2.52. The highest BCUT2D eigenvalue weighted by Crippen LogP contribution is 2.23. The minimum Gasteiger partial charge on any atom is -0.466 e. The van der Waals surface area contributed by atoms with Crippen LogP contribution in [0.15, 0.2) is 17.5 Å². The average molecular weight is 427 g/mol. The summed E-state index contributed by atoms with van der Waals surface area (Å²) < 4.78 is 4.92. The number of nitrogens with one attached hydrogen (secondary N) is 1. The minimum atomic E-state index is -1.80. The Hall–Kier alpha value is -1.97. The van der Waals surface area contributed by atoms with Crippen molar-refractivity contribution >= 4 is 29.1 Å². The van der Waals surface area contributed by atoms with Crippen LogP contribution in [-0.2, 0) is 25.5 Å². The summed E-state index contributed by atoms with van der Waals surface area (Å²) in [6, 6.07) is 3.86. The molecule has 9 heteroatoms. The highest BCUT2D eigenvalue weighted by molar-refractivity contribution is 7.09. The maximum absolute atomic E-state index is 12.4. The van der Waals surface area contributed by atoms with Crippen molar-refractivity contribution in [2.24, 2.45) is 5.92 Å². The standard InChI is InChI=1S/C20H30N2O6S/c1-2-28-16(23)6-5-14-8-11-22(12-9-14)20(27)18(25)17(24)19(26)21-10-7-15-4-3-13-29-15/h3-4,13-14,17-18,24-25H,2,5-12H2,1H3,(H,21,26)/t17-,18-/m1/s1. The van der Waals surface area contributed by atoms with Crippen LogP contribution in [0.5, 0.6) is 0 Å². The van der Waals surface area contributed by atoms with Crippen LogP contribution < -0.4 is 5.32 Å². The number of ether oxygens (including phenoxy) is 1. The van der Waals surface area contributed by atoms with E-state index in [-0.39, 0.29) is 5.97 Å². The SMILES string of the molecule is CCOC(=O)CCC1CCN(C(=O)[C@H](O)[C@@H](O)C(=O)NCCc2cccs2)CC1. The third-order valence-corrected chi connectivity index (χ3v) is 6.00. The lowest BCUT2D eigenvalue weighted by Gasteiger charge is -2.33. The fourth-order valence-corrected chi connectivity index (χ4v) is 4.04. The Kier molecular flexibility index (Phi) is 9.56. The van der Waals surface area contributed by atoms with Crippen LogP contribution in [0.4, 0.5) is 0 Å². The number of piperidine rings is 1. The number of thiophene rings is 1. The van der Waals surface area contributed by atoms with E-state index in [0.29, 0.717) is 64.3 Å². The van der Waals surface area contributed by atoms with E-state index >= 15 is 0 Å². The van der Waals surface area contributed by atoms with Gasteiger partial charge in [0.1, 0.15) is 0 Å². The van der Waals surface area contributed by atoms with Gasteiger partial charge in [-0.25, -0.2) is 0 Å². The molecule has 2 heterocycles. The summed E-state index contributed by atoms with van der Waals surface area (Å²) >= 11 is 1.57. The maximum atomic E-state index is 12.4. The number of nitrogens with zero attached hydrogens (tertiary/aromatic N) is 1. The van der Waals surface area contributed by atoms with Crippen molar-refractivity contribution in [3.8, 4) is 0 Å². The van der Waals surface area contributed by atoms with Crippen molar-refractivity contribution in [3.05, 3.63) is 22.4 Å². The molecule has 0 aromatic carbocycles. The van der Waals surface area contributed by atoms with E-state index in [1.54, 1.807) is 18.3 Å². The van der Waals surface area contributed by atoms with Gasteiger partial charge in [-0.15, -0.1) is 11.3 Å². The quantitative estimate of drug-likeness (QED) is 0.475. The monoisotopic (exact) mass is 426 g/mol. The molecule has 1 aliphatic rings. The molecule has 1 aliphatic heterocycles. The number of hydrogen-bond donors (Lipinski definition) is 3. The molecule has 0 aliphatic carbocycles. The van der Waals surface area contributed by atoms with Crippen LogP contribution in [0.2, 0.25) is 0 Å². The number of likely N-dealkylation sites (tertiary alicyclic amines) is 1. The summed E-state index contributed by atoms with van der Waals surface area (Å²) in [5.74, 6) is -1.30. The smallest absolute Gasteiger partial charge is 0.305 e. The first kappa shape index (κ1) is 23.3. The first-order chi connectivity index (χ1) is 13.9. The predicted octanol–water partition coefficient (Wildman–Crippen LogP) is 0.710.